The first-order chi connectivity index (χ1) is 12.0. The van der Waals surface area contributed by atoms with Crippen molar-refractivity contribution in [3.8, 4) is 0 Å². The van der Waals surface area contributed by atoms with Crippen molar-refractivity contribution in [2.75, 3.05) is 13.1 Å². The molecule has 5 heteroatoms. The van der Waals surface area contributed by atoms with Crippen molar-refractivity contribution in [1.82, 2.24) is 10.6 Å². The van der Waals surface area contributed by atoms with Gasteiger partial charge in [-0.3, -0.25) is 9.59 Å². The Bertz CT molecular complexity index is 609. The van der Waals surface area contributed by atoms with E-state index in [-0.39, 0.29) is 41.8 Å². The standard InChI is InChI=1S/C20H28N2O3/c1-14(2)25-18(23)12-17(15-6-4-3-5-7-15)22-19(24)16-13-20(16)8-10-21-11-9-20/h3-7,14,16-17,21H,8-13H2,1-2H3,(H,22,24)/t16-,17+/m0/s1. The fourth-order valence-electron chi connectivity index (χ4n) is 3.88. The SMILES string of the molecule is CC(C)OC(=O)C[C@@H](NC(=O)[C@@H]1CC12CCNCC2)c1ccccc1. The Hall–Kier alpha value is -1.88. The van der Waals surface area contributed by atoms with Crippen LogP contribution in [-0.4, -0.2) is 31.1 Å². The number of carbonyl (C=O) groups is 2. The van der Waals surface area contributed by atoms with Gasteiger partial charge in [0.2, 0.25) is 5.91 Å². The second-order valence-electron chi connectivity index (χ2n) is 7.58. The van der Waals surface area contributed by atoms with Gasteiger partial charge in [-0.1, -0.05) is 30.3 Å². The number of carbonyl (C=O) groups excluding carboxylic acids is 2. The molecule has 1 aliphatic carbocycles. The molecule has 1 saturated carbocycles. The van der Waals surface area contributed by atoms with Crippen LogP contribution >= 0.6 is 0 Å². The summed E-state index contributed by atoms with van der Waals surface area (Å²) in [6, 6.07) is 9.34. The predicted molar refractivity (Wildman–Crippen MR) is 95.8 cm³/mol. The summed E-state index contributed by atoms with van der Waals surface area (Å²) in [6.07, 6.45) is 3.11. The van der Waals surface area contributed by atoms with Crippen LogP contribution in [0.1, 0.15) is 51.1 Å². The summed E-state index contributed by atoms with van der Waals surface area (Å²) in [6.45, 7) is 5.65. The highest BCUT2D eigenvalue weighted by atomic mass is 16.5. The number of amides is 1. The molecule has 5 nitrogen and oxygen atoms in total. The lowest BCUT2D eigenvalue weighted by Crippen LogP contribution is -2.36. The lowest BCUT2D eigenvalue weighted by molar-refractivity contribution is -0.148. The third-order valence-corrected chi connectivity index (χ3v) is 5.36. The molecule has 2 N–H and O–H groups in total. The van der Waals surface area contributed by atoms with Crippen LogP contribution in [-0.2, 0) is 14.3 Å². The molecule has 0 bridgehead atoms. The first-order valence-corrected chi connectivity index (χ1v) is 9.26. The number of ether oxygens (including phenoxy) is 1. The molecule has 1 saturated heterocycles. The normalized spacial score (nSPS) is 22.4. The first-order valence-electron chi connectivity index (χ1n) is 9.26. The third kappa shape index (κ3) is 4.40. The maximum Gasteiger partial charge on any atom is 0.308 e. The van der Waals surface area contributed by atoms with Crippen molar-refractivity contribution < 1.29 is 14.3 Å². The highest BCUT2D eigenvalue weighted by Crippen LogP contribution is 2.58. The van der Waals surface area contributed by atoms with Gasteiger partial charge in [0, 0.05) is 5.92 Å². The summed E-state index contributed by atoms with van der Waals surface area (Å²) in [5.74, 6) is -0.119. The average molecular weight is 344 g/mol. The molecule has 0 unspecified atom stereocenters. The van der Waals surface area contributed by atoms with E-state index in [0.717, 1.165) is 37.9 Å². The van der Waals surface area contributed by atoms with Gasteiger partial charge < -0.3 is 15.4 Å². The van der Waals surface area contributed by atoms with Crippen LogP contribution in [0.2, 0.25) is 0 Å². The molecular formula is C20H28N2O3. The topological polar surface area (TPSA) is 67.4 Å². The zero-order valence-electron chi connectivity index (χ0n) is 15.1. The molecular weight excluding hydrogens is 316 g/mol. The second kappa shape index (κ2) is 7.56. The minimum atomic E-state index is -0.334. The van der Waals surface area contributed by atoms with Crippen LogP contribution in [0.5, 0.6) is 0 Å². The molecule has 3 rings (SSSR count). The van der Waals surface area contributed by atoms with E-state index in [1.165, 1.54) is 0 Å². The van der Waals surface area contributed by atoms with Crippen molar-refractivity contribution in [2.45, 2.75) is 51.7 Å². The van der Waals surface area contributed by atoms with Crippen molar-refractivity contribution in [3.63, 3.8) is 0 Å². The molecule has 1 aromatic carbocycles. The molecule has 1 heterocycles. The minimum Gasteiger partial charge on any atom is -0.463 e. The third-order valence-electron chi connectivity index (χ3n) is 5.36. The molecule has 0 aromatic heterocycles. The van der Waals surface area contributed by atoms with E-state index in [4.69, 9.17) is 4.74 Å². The molecule has 2 aliphatic rings. The summed E-state index contributed by atoms with van der Waals surface area (Å²) < 4.78 is 5.27. The van der Waals surface area contributed by atoms with Gasteiger partial charge in [0.05, 0.1) is 18.6 Å². The van der Waals surface area contributed by atoms with Crippen molar-refractivity contribution in [3.05, 3.63) is 35.9 Å². The van der Waals surface area contributed by atoms with Gasteiger partial charge in [-0.25, -0.2) is 0 Å². The lowest BCUT2D eigenvalue weighted by Gasteiger charge is -2.24. The largest absolute Gasteiger partial charge is 0.463 e. The fraction of sp³-hybridized carbons (Fsp3) is 0.600. The number of hydrogen-bond acceptors (Lipinski definition) is 4. The van der Waals surface area contributed by atoms with Crippen molar-refractivity contribution >= 4 is 11.9 Å². The number of esters is 1. The van der Waals surface area contributed by atoms with E-state index >= 15 is 0 Å². The van der Waals surface area contributed by atoms with E-state index in [9.17, 15) is 9.59 Å². The Balaban J connectivity index is 1.65. The summed E-state index contributed by atoms with van der Waals surface area (Å²) in [4.78, 5) is 24.9. The van der Waals surface area contributed by atoms with Gasteiger partial charge in [0.25, 0.3) is 0 Å². The number of nitrogens with one attached hydrogen (secondary N) is 2. The average Bonchev–Trinajstić information content (AvgIpc) is 3.28. The molecule has 1 aliphatic heterocycles. The van der Waals surface area contributed by atoms with Crippen LogP contribution < -0.4 is 10.6 Å². The zero-order chi connectivity index (χ0) is 17.9. The molecule has 2 fully saturated rings. The van der Waals surface area contributed by atoms with E-state index in [1.54, 1.807) is 0 Å². The molecule has 0 radical (unpaired) electrons. The Morgan fingerprint density at radius 2 is 1.92 bits per heavy atom. The number of rotatable bonds is 6. The van der Waals surface area contributed by atoms with Crippen LogP contribution in [0.3, 0.4) is 0 Å². The van der Waals surface area contributed by atoms with Gasteiger partial charge in [-0.15, -0.1) is 0 Å². The Kier molecular flexibility index (Phi) is 5.42. The maximum atomic E-state index is 12.8. The van der Waals surface area contributed by atoms with Crippen molar-refractivity contribution in [1.29, 1.82) is 0 Å². The van der Waals surface area contributed by atoms with E-state index < -0.39 is 0 Å². The lowest BCUT2D eigenvalue weighted by atomic mass is 9.91. The zero-order valence-corrected chi connectivity index (χ0v) is 15.1. The van der Waals surface area contributed by atoms with Crippen LogP contribution in [0.15, 0.2) is 30.3 Å². The Morgan fingerprint density at radius 3 is 2.56 bits per heavy atom. The molecule has 1 amide bonds. The Morgan fingerprint density at radius 1 is 1.24 bits per heavy atom. The molecule has 2 atom stereocenters. The quantitative estimate of drug-likeness (QED) is 0.779. The van der Waals surface area contributed by atoms with Gasteiger partial charge in [-0.2, -0.15) is 0 Å². The summed E-state index contributed by atoms with van der Waals surface area (Å²) in [5, 5.41) is 6.47. The second-order valence-corrected chi connectivity index (χ2v) is 7.58. The molecule has 25 heavy (non-hydrogen) atoms. The van der Waals surface area contributed by atoms with Gasteiger partial charge >= 0.3 is 5.97 Å². The van der Waals surface area contributed by atoms with Gasteiger partial charge in [0.1, 0.15) is 0 Å². The van der Waals surface area contributed by atoms with Gasteiger partial charge in [0.15, 0.2) is 0 Å². The fourth-order valence-corrected chi connectivity index (χ4v) is 3.88. The maximum absolute atomic E-state index is 12.8. The highest BCUT2D eigenvalue weighted by molar-refractivity contribution is 5.83. The molecule has 1 aromatic rings. The highest BCUT2D eigenvalue weighted by Gasteiger charge is 2.57. The van der Waals surface area contributed by atoms with Crippen LogP contribution in [0, 0.1) is 11.3 Å². The summed E-state index contributed by atoms with van der Waals surface area (Å²) in [7, 11) is 0. The summed E-state index contributed by atoms with van der Waals surface area (Å²) >= 11 is 0. The van der Waals surface area contributed by atoms with Crippen LogP contribution in [0.4, 0.5) is 0 Å². The number of hydrogen-bond donors (Lipinski definition) is 2. The first kappa shape index (κ1) is 17.9. The molecule has 136 valence electrons. The number of benzene rings is 1. The van der Waals surface area contributed by atoms with E-state index in [2.05, 4.69) is 10.6 Å². The number of piperidine rings is 1. The Labute approximate surface area is 149 Å². The van der Waals surface area contributed by atoms with Crippen LogP contribution in [0.25, 0.3) is 0 Å². The van der Waals surface area contributed by atoms with Gasteiger partial charge in [-0.05, 0) is 57.2 Å². The van der Waals surface area contributed by atoms with E-state index in [1.807, 2.05) is 44.2 Å². The smallest absolute Gasteiger partial charge is 0.308 e. The monoisotopic (exact) mass is 344 g/mol. The summed E-state index contributed by atoms with van der Waals surface area (Å²) in [5.41, 5.74) is 1.13. The van der Waals surface area contributed by atoms with Crippen molar-refractivity contribution in [2.24, 2.45) is 11.3 Å². The predicted octanol–water partition coefficient (Wildman–Crippen LogP) is 2.58. The molecule has 1 spiro atoms. The minimum absolute atomic E-state index is 0.0769. The van der Waals surface area contributed by atoms with E-state index in [0.29, 0.717) is 0 Å².